The maximum Gasteiger partial charge on any atom is 0.226 e. The van der Waals surface area contributed by atoms with Crippen molar-refractivity contribution in [1.29, 1.82) is 0 Å². The molecule has 5 nitrogen and oxygen atoms in total. The van der Waals surface area contributed by atoms with Crippen LogP contribution < -0.4 is 10.6 Å². The number of nitrogens with zero attached hydrogens (tertiary/aromatic N) is 2. The van der Waals surface area contributed by atoms with Crippen LogP contribution in [0.3, 0.4) is 0 Å². The van der Waals surface area contributed by atoms with E-state index in [1.54, 1.807) is 4.68 Å². The quantitative estimate of drug-likeness (QED) is 0.800. The molecule has 1 amide bonds. The SMILES string of the molecule is Cn1ccc(CNC(=O)C2(C)CCNCC2)n1. The van der Waals surface area contributed by atoms with E-state index in [-0.39, 0.29) is 11.3 Å². The fourth-order valence-electron chi connectivity index (χ4n) is 2.15. The second-order valence-electron chi connectivity index (χ2n) is 4.97. The average Bonchev–Trinajstić information content (AvgIpc) is 2.73. The van der Waals surface area contributed by atoms with E-state index < -0.39 is 0 Å². The van der Waals surface area contributed by atoms with Crippen LogP contribution in [0.5, 0.6) is 0 Å². The van der Waals surface area contributed by atoms with E-state index in [0.717, 1.165) is 31.6 Å². The molecule has 0 aromatic carbocycles. The van der Waals surface area contributed by atoms with Crippen LogP contribution in [0.25, 0.3) is 0 Å². The van der Waals surface area contributed by atoms with Gasteiger partial charge in [0, 0.05) is 18.7 Å². The van der Waals surface area contributed by atoms with Gasteiger partial charge in [-0.15, -0.1) is 0 Å². The number of carbonyl (C=O) groups excluding carboxylic acids is 1. The third-order valence-corrected chi connectivity index (χ3v) is 3.45. The number of aryl methyl sites for hydroxylation is 1. The van der Waals surface area contributed by atoms with E-state index in [4.69, 9.17) is 0 Å². The van der Waals surface area contributed by atoms with Crippen LogP contribution >= 0.6 is 0 Å². The first-order valence-corrected chi connectivity index (χ1v) is 6.08. The molecule has 0 aliphatic carbocycles. The minimum absolute atomic E-state index is 0.143. The number of hydrogen-bond donors (Lipinski definition) is 2. The summed E-state index contributed by atoms with van der Waals surface area (Å²) in [5.41, 5.74) is 0.679. The van der Waals surface area contributed by atoms with E-state index >= 15 is 0 Å². The van der Waals surface area contributed by atoms with Crippen molar-refractivity contribution in [3.63, 3.8) is 0 Å². The van der Waals surface area contributed by atoms with Crippen molar-refractivity contribution >= 4 is 5.91 Å². The smallest absolute Gasteiger partial charge is 0.226 e. The van der Waals surface area contributed by atoms with E-state index in [2.05, 4.69) is 15.7 Å². The van der Waals surface area contributed by atoms with Gasteiger partial charge in [-0.25, -0.2) is 0 Å². The largest absolute Gasteiger partial charge is 0.350 e. The Hall–Kier alpha value is -1.36. The first-order valence-electron chi connectivity index (χ1n) is 6.08. The molecule has 2 heterocycles. The van der Waals surface area contributed by atoms with Gasteiger partial charge < -0.3 is 10.6 Å². The fraction of sp³-hybridized carbons (Fsp3) is 0.667. The van der Waals surface area contributed by atoms with Gasteiger partial charge in [-0.2, -0.15) is 5.10 Å². The maximum absolute atomic E-state index is 12.1. The van der Waals surface area contributed by atoms with Crippen molar-refractivity contribution in [1.82, 2.24) is 20.4 Å². The minimum Gasteiger partial charge on any atom is -0.350 e. The average molecular weight is 236 g/mol. The Morgan fingerprint density at radius 1 is 1.59 bits per heavy atom. The molecular formula is C12H20N4O. The molecule has 0 radical (unpaired) electrons. The predicted octanol–water partition coefficient (Wildman–Crippen LogP) is 0.426. The van der Waals surface area contributed by atoms with E-state index in [1.807, 2.05) is 26.2 Å². The summed E-state index contributed by atoms with van der Waals surface area (Å²) < 4.78 is 1.74. The Morgan fingerprint density at radius 2 is 2.29 bits per heavy atom. The van der Waals surface area contributed by atoms with Crippen molar-refractivity contribution in [3.05, 3.63) is 18.0 Å². The van der Waals surface area contributed by atoms with Crippen LogP contribution in [0.2, 0.25) is 0 Å². The van der Waals surface area contributed by atoms with Gasteiger partial charge >= 0.3 is 0 Å². The van der Waals surface area contributed by atoms with Crippen LogP contribution in [-0.2, 0) is 18.4 Å². The number of hydrogen-bond acceptors (Lipinski definition) is 3. The Kier molecular flexibility index (Phi) is 3.47. The zero-order chi connectivity index (χ0) is 12.3. The highest BCUT2D eigenvalue weighted by Gasteiger charge is 2.34. The first-order chi connectivity index (χ1) is 8.10. The Labute approximate surface area is 102 Å². The lowest BCUT2D eigenvalue weighted by Gasteiger charge is -2.32. The Balaban J connectivity index is 1.88. The molecule has 1 aliphatic rings. The Morgan fingerprint density at radius 3 is 2.88 bits per heavy atom. The van der Waals surface area contributed by atoms with Gasteiger partial charge in [0.25, 0.3) is 0 Å². The number of amides is 1. The molecule has 1 saturated heterocycles. The highest BCUT2D eigenvalue weighted by molar-refractivity contribution is 5.82. The summed E-state index contributed by atoms with van der Waals surface area (Å²) >= 11 is 0. The Bertz CT molecular complexity index is 393. The topological polar surface area (TPSA) is 59.0 Å². The lowest BCUT2D eigenvalue weighted by molar-refractivity contribution is -0.131. The number of piperidine rings is 1. The van der Waals surface area contributed by atoms with Crippen molar-refractivity contribution in [2.24, 2.45) is 12.5 Å². The van der Waals surface area contributed by atoms with Gasteiger partial charge in [-0.3, -0.25) is 9.48 Å². The number of carbonyl (C=O) groups is 1. The molecule has 94 valence electrons. The summed E-state index contributed by atoms with van der Waals surface area (Å²) in [6, 6.07) is 1.92. The predicted molar refractivity (Wildman–Crippen MR) is 65.3 cm³/mol. The van der Waals surface area contributed by atoms with Crippen molar-refractivity contribution < 1.29 is 4.79 Å². The van der Waals surface area contributed by atoms with E-state index in [1.165, 1.54) is 0 Å². The lowest BCUT2D eigenvalue weighted by atomic mass is 9.80. The highest BCUT2D eigenvalue weighted by atomic mass is 16.2. The zero-order valence-electron chi connectivity index (χ0n) is 10.5. The summed E-state index contributed by atoms with van der Waals surface area (Å²) in [5.74, 6) is 0.143. The molecule has 1 aromatic rings. The summed E-state index contributed by atoms with van der Waals surface area (Å²) in [6.07, 6.45) is 3.69. The molecule has 2 rings (SSSR count). The molecule has 0 saturated carbocycles. The maximum atomic E-state index is 12.1. The molecule has 17 heavy (non-hydrogen) atoms. The van der Waals surface area contributed by atoms with Gasteiger partial charge in [0.05, 0.1) is 12.2 Å². The third kappa shape index (κ3) is 2.85. The van der Waals surface area contributed by atoms with Crippen molar-refractivity contribution in [2.45, 2.75) is 26.3 Å². The zero-order valence-corrected chi connectivity index (χ0v) is 10.5. The summed E-state index contributed by atoms with van der Waals surface area (Å²) in [7, 11) is 1.87. The second-order valence-corrected chi connectivity index (χ2v) is 4.97. The summed E-state index contributed by atoms with van der Waals surface area (Å²) in [4.78, 5) is 12.1. The standard InChI is InChI=1S/C12H20N4O/c1-12(4-6-13-7-5-12)11(17)14-9-10-3-8-16(2)15-10/h3,8,13H,4-7,9H2,1-2H3,(H,14,17). The second kappa shape index (κ2) is 4.87. The molecule has 0 atom stereocenters. The van der Waals surface area contributed by atoms with E-state index in [0.29, 0.717) is 6.54 Å². The molecule has 5 heteroatoms. The molecule has 2 N–H and O–H groups in total. The highest BCUT2D eigenvalue weighted by Crippen LogP contribution is 2.27. The molecule has 1 aliphatic heterocycles. The molecule has 0 bridgehead atoms. The normalized spacial score (nSPS) is 18.9. The van der Waals surface area contributed by atoms with Gasteiger partial charge in [-0.05, 0) is 32.0 Å². The van der Waals surface area contributed by atoms with Gasteiger partial charge in [-0.1, -0.05) is 6.92 Å². The van der Waals surface area contributed by atoms with E-state index in [9.17, 15) is 4.79 Å². The van der Waals surface area contributed by atoms with Crippen LogP contribution in [0.4, 0.5) is 0 Å². The van der Waals surface area contributed by atoms with Crippen molar-refractivity contribution in [3.8, 4) is 0 Å². The number of nitrogens with one attached hydrogen (secondary N) is 2. The summed E-state index contributed by atoms with van der Waals surface area (Å²) in [5, 5.41) is 10.5. The van der Waals surface area contributed by atoms with Crippen LogP contribution in [0.1, 0.15) is 25.5 Å². The number of aromatic nitrogens is 2. The monoisotopic (exact) mass is 236 g/mol. The lowest BCUT2D eigenvalue weighted by Crippen LogP contribution is -2.45. The first kappa shape index (κ1) is 12.1. The summed E-state index contributed by atoms with van der Waals surface area (Å²) in [6.45, 7) is 4.41. The molecule has 1 aromatic heterocycles. The molecule has 0 unspecified atom stereocenters. The van der Waals surface area contributed by atoms with Gasteiger partial charge in [0.2, 0.25) is 5.91 Å². The molecular weight excluding hydrogens is 216 g/mol. The van der Waals surface area contributed by atoms with Gasteiger partial charge in [0.15, 0.2) is 0 Å². The van der Waals surface area contributed by atoms with Crippen LogP contribution in [0.15, 0.2) is 12.3 Å². The molecule has 1 fully saturated rings. The van der Waals surface area contributed by atoms with Crippen LogP contribution in [-0.4, -0.2) is 28.8 Å². The van der Waals surface area contributed by atoms with Crippen LogP contribution in [0, 0.1) is 5.41 Å². The van der Waals surface area contributed by atoms with Gasteiger partial charge in [0.1, 0.15) is 0 Å². The minimum atomic E-state index is -0.222. The number of rotatable bonds is 3. The van der Waals surface area contributed by atoms with Crippen molar-refractivity contribution in [2.75, 3.05) is 13.1 Å². The third-order valence-electron chi connectivity index (χ3n) is 3.45. The molecule has 0 spiro atoms. The fourth-order valence-corrected chi connectivity index (χ4v) is 2.15.